The number of hydrogen-bond donors (Lipinski definition) is 2. The average Bonchev–Trinajstić information content (AvgIpc) is 2.47. The predicted molar refractivity (Wildman–Crippen MR) is 51.1 cm³/mol. The highest BCUT2D eigenvalue weighted by Gasteiger charge is 2.03. The minimum atomic E-state index is -0.259. The van der Waals surface area contributed by atoms with E-state index in [-0.39, 0.29) is 5.56 Å². The monoisotopic (exact) mass is 191 g/mol. The molecule has 0 aliphatic heterocycles. The molecule has 0 bridgehead atoms. The molecule has 0 atom stereocenters. The molecular formula is C8H9N5O. The highest BCUT2D eigenvalue weighted by atomic mass is 16.1. The van der Waals surface area contributed by atoms with Crippen LogP contribution in [0.1, 0.15) is 5.69 Å². The number of nitrogens with one attached hydrogen (secondary N) is 1. The van der Waals surface area contributed by atoms with E-state index in [9.17, 15) is 4.79 Å². The van der Waals surface area contributed by atoms with Crippen molar-refractivity contribution in [2.75, 3.05) is 5.73 Å². The summed E-state index contributed by atoms with van der Waals surface area (Å²) in [6.45, 7) is 1.83. The number of aromatic amines is 1. The van der Waals surface area contributed by atoms with Crippen LogP contribution in [0.4, 0.5) is 5.82 Å². The van der Waals surface area contributed by atoms with E-state index >= 15 is 0 Å². The fourth-order valence-corrected chi connectivity index (χ4v) is 1.11. The number of nitrogens with two attached hydrogens (primary N) is 1. The fourth-order valence-electron chi connectivity index (χ4n) is 1.11. The van der Waals surface area contributed by atoms with E-state index in [4.69, 9.17) is 5.73 Å². The third-order valence-corrected chi connectivity index (χ3v) is 1.77. The first-order valence-electron chi connectivity index (χ1n) is 4.05. The van der Waals surface area contributed by atoms with Crippen LogP contribution in [-0.4, -0.2) is 20.0 Å². The Hall–Kier alpha value is -2.11. The molecule has 0 aromatic carbocycles. The number of hydrogen-bond acceptors (Lipinski definition) is 4. The Kier molecular flexibility index (Phi) is 1.81. The zero-order chi connectivity index (χ0) is 10.1. The maximum Gasteiger partial charge on any atom is 0.266 e. The van der Waals surface area contributed by atoms with Crippen LogP contribution in [0.25, 0.3) is 5.82 Å². The SMILES string of the molecule is Cc1ccc(-n2[nH]c(=O)cc2N)nn1. The van der Waals surface area contributed by atoms with E-state index in [0.717, 1.165) is 5.69 Å². The third kappa shape index (κ3) is 1.37. The van der Waals surface area contributed by atoms with Gasteiger partial charge in [-0.05, 0) is 19.1 Å². The van der Waals surface area contributed by atoms with Gasteiger partial charge in [-0.15, -0.1) is 5.10 Å². The lowest BCUT2D eigenvalue weighted by Crippen LogP contribution is -2.07. The molecule has 0 spiro atoms. The Balaban J connectivity index is 2.54. The predicted octanol–water partition coefficient (Wildman–Crippen LogP) is -0.154. The summed E-state index contributed by atoms with van der Waals surface area (Å²) in [5.74, 6) is 0.809. The number of nitrogens with zero attached hydrogens (tertiary/aromatic N) is 3. The smallest absolute Gasteiger partial charge is 0.266 e. The number of aryl methyl sites for hydroxylation is 1. The Labute approximate surface area is 79.4 Å². The van der Waals surface area contributed by atoms with Gasteiger partial charge in [-0.2, -0.15) is 5.10 Å². The summed E-state index contributed by atoms with van der Waals surface area (Å²) in [5, 5.41) is 10.3. The molecule has 0 saturated heterocycles. The Morgan fingerprint density at radius 3 is 2.71 bits per heavy atom. The van der Waals surface area contributed by atoms with Crippen molar-refractivity contribution in [2.45, 2.75) is 6.92 Å². The van der Waals surface area contributed by atoms with Gasteiger partial charge < -0.3 is 5.73 Å². The van der Waals surface area contributed by atoms with E-state index in [1.165, 1.54) is 10.7 Å². The van der Waals surface area contributed by atoms with Crippen molar-refractivity contribution in [3.05, 3.63) is 34.2 Å². The van der Waals surface area contributed by atoms with Crippen molar-refractivity contribution in [1.82, 2.24) is 20.0 Å². The normalized spacial score (nSPS) is 10.4. The minimum Gasteiger partial charge on any atom is -0.383 e. The van der Waals surface area contributed by atoms with Gasteiger partial charge in [0.05, 0.1) is 5.69 Å². The maximum atomic E-state index is 10.9. The number of rotatable bonds is 1. The van der Waals surface area contributed by atoms with Crippen LogP contribution < -0.4 is 11.3 Å². The molecule has 72 valence electrons. The van der Waals surface area contributed by atoms with Crippen LogP contribution in [0.15, 0.2) is 23.0 Å². The molecule has 2 aromatic heterocycles. The number of aromatic nitrogens is 4. The van der Waals surface area contributed by atoms with Gasteiger partial charge in [0.1, 0.15) is 5.82 Å². The van der Waals surface area contributed by atoms with Crippen LogP contribution >= 0.6 is 0 Å². The summed E-state index contributed by atoms with van der Waals surface area (Å²) in [5.41, 5.74) is 6.12. The molecule has 0 aliphatic carbocycles. The fraction of sp³-hybridized carbons (Fsp3) is 0.125. The zero-order valence-electron chi connectivity index (χ0n) is 7.56. The summed E-state index contributed by atoms with van der Waals surface area (Å²) in [6, 6.07) is 4.82. The third-order valence-electron chi connectivity index (χ3n) is 1.77. The van der Waals surface area contributed by atoms with E-state index in [1.807, 2.05) is 6.92 Å². The van der Waals surface area contributed by atoms with Crippen LogP contribution in [0.5, 0.6) is 0 Å². The van der Waals surface area contributed by atoms with Gasteiger partial charge in [-0.25, -0.2) is 4.68 Å². The molecule has 0 radical (unpaired) electrons. The molecule has 6 nitrogen and oxygen atoms in total. The zero-order valence-corrected chi connectivity index (χ0v) is 7.56. The van der Waals surface area contributed by atoms with Crippen molar-refractivity contribution < 1.29 is 0 Å². The Bertz CT molecular complexity index is 495. The lowest BCUT2D eigenvalue weighted by molar-refractivity contribution is 0.804. The molecule has 3 N–H and O–H groups in total. The molecule has 0 unspecified atom stereocenters. The van der Waals surface area contributed by atoms with Gasteiger partial charge in [-0.3, -0.25) is 9.89 Å². The van der Waals surface area contributed by atoms with Crippen molar-refractivity contribution in [3.63, 3.8) is 0 Å². The molecule has 2 aromatic rings. The second kappa shape index (κ2) is 2.99. The van der Waals surface area contributed by atoms with Crippen LogP contribution in [0.3, 0.4) is 0 Å². The summed E-state index contributed by atoms with van der Waals surface area (Å²) < 4.78 is 1.38. The van der Waals surface area contributed by atoms with Crippen molar-refractivity contribution in [2.24, 2.45) is 0 Å². The molecule has 14 heavy (non-hydrogen) atoms. The maximum absolute atomic E-state index is 10.9. The largest absolute Gasteiger partial charge is 0.383 e. The lowest BCUT2D eigenvalue weighted by atomic mass is 10.4. The van der Waals surface area contributed by atoms with E-state index < -0.39 is 0 Å². The second-order valence-corrected chi connectivity index (χ2v) is 2.91. The van der Waals surface area contributed by atoms with Crippen molar-refractivity contribution in [1.29, 1.82) is 0 Å². The van der Waals surface area contributed by atoms with Gasteiger partial charge in [0.15, 0.2) is 5.82 Å². The van der Waals surface area contributed by atoms with Crippen LogP contribution in [-0.2, 0) is 0 Å². The lowest BCUT2D eigenvalue weighted by Gasteiger charge is -2.01. The molecule has 0 amide bonds. The van der Waals surface area contributed by atoms with Crippen LogP contribution in [0.2, 0.25) is 0 Å². The molecule has 0 fully saturated rings. The molecule has 2 rings (SSSR count). The van der Waals surface area contributed by atoms with Gasteiger partial charge in [-0.1, -0.05) is 0 Å². The van der Waals surface area contributed by atoms with Crippen molar-refractivity contribution >= 4 is 5.82 Å². The van der Waals surface area contributed by atoms with Gasteiger partial charge in [0.2, 0.25) is 0 Å². The van der Waals surface area contributed by atoms with Gasteiger partial charge >= 0.3 is 0 Å². The quantitative estimate of drug-likeness (QED) is 0.655. The Morgan fingerprint density at radius 1 is 1.43 bits per heavy atom. The summed E-state index contributed by atoms with van der Waals surface area (Å²) in [7, 11) is 0. The Morgan fingerprint density at radius 2 is 2.21 bits per heavy atom. The molecule has 0 aliphatic rings. The van der Waals surface area contributed by atoms with Gasteiger partial charge in [0, 0.05) is 6.07 Å². The second-order valence-electron chi connectivity index (χ2n) is 2.91. The van der Waals surface area contributed by atoms with E-state index in [2.05, 4.69) is 15.3 Å². The first-order chi connectivity index (χ1) is 6.66. The average molecular weight is 191 g/mol. The number of nitrogen functional groups attached to an aromatic ring is 1. The molecule has 2 heterocycles. The highest BCUT2D eigenvalue weighted by Crippen LogP contribution is 2.05. The van der Waals surface area contributed by atoms with Crippen LogP contribution in [0, 0.1) is 6.92 Å². The van der Waals surface area contributed by atoms with Crippen molar-refractivity contribution in [3.8, 4) is 5.82 Å². The summed E-state index contributed by atoms with van der Waals surface area (Å²) in [4.78, 5) is 10.9. The topological polar surface area (TPSA) is 89.6 Å². The molecule has 6 heteroatoms. The first kappa shape index (κ1) is 8.49. The standard InChI is InChI=1S/C8H9N5O/c1-5-2-3-7(11-10-5)13-6(9)4-8(14)12-13/h2-4H,9H2,1H3,(H,12,14). The summed E-state index contributed by atoms with van der Waals surface area (Å²) >= 11 is 0. The number of anilines is 1. The highest BCUT2D eigenvalue weighted by molar-refractivity contribution is 5.35. The minimum absolute atomic E-state index is 0.259. The van der Waals surface area contributed by atoms with Gasteiger partial charge in [0.25, 0.3) is 5.56 Å². The molecular weight excluding hydrogens is 182 g/mol. The number of H-pyrrole nitrogens is 1. The first-order valence-corrected chi connectivity index (χ1v) is 4.05. The van der Waals surface area contributed by atoms with E-state index in [0.29, 0.717) is 11.6 Å². The van der Waals surface area contributed by atoms with E-state index in [1.54, 1.807) is 12.1 Å². The summed E-state index contributed by atoms with van der Waals surface area (Å²) in [6.07, 6.45) is 0. The molecule has 0 saturated carbocycles.